The highest BCUT2D eigenvalue weighted by Gasteiger charge is 2.28. The van der Waals surface area contributed by atoms with Crippen LogP contribution < -0.4 is 10.4 Å². The molecule has 0 aliphatic heterocycles. The molecule has 3 rings (SSSR count). The lowest BCUT2D eigenvalue weighted by atomic mass is 10.1. The van der Waals surface area contributed by atoms with Crippen LogP contribution >= 0.6 is 11.5 Å². The molecule has 114 valence electrons. The number of methoxy groups -OCH3 is 1. The quantitative estimate of drug-likeness (QED) is 0.573. The summed E-state index contributed by atoms with van der Waals surface area (Å²) in [4.78, 5) is 16.1. The third-order valence-corrected chi connectivity index (χ3v) is 4.77. The van der Waals surface area contributed by atoms with E-state index in [2.05, 4.69) is 9.36 Å². The standard InChI is InChI=1S/C13H10N2O5S2/c1-19-13-14-11(21-15-13)10(22(17)18)8-6-7-4-2-3-5-9(7)20-12(8)16/h2-6,10H,1H3,(H,17,18). The summed E-state index contributed by atoms with van der Waals surface area (Å²) < 4.78 is 35.3. The Bertz CT molecular complexity index is 905. The lowest BCUT2D eigenvalue weighted by Gasteiger charge is -2.09. The van der Waals surface area contributed by atoms with Crippen LogP contribution in [0.25, 0.3) is 11.0 Å². The molecule has 0 aliphatic rings. The maximum Gasteiger partial charge on any atom is 0.341 e. The van der Waals surface area contributed by atoms with Crippen molar-refractivity contribution < 1.29 is 17.9 Å². The Balaban J connectivity index is 2.18. The summed E-state index contributed by atoms with van der Waals surface area (Å²) in [6, 6.07) is 8.54. The van der Waals surface area contributed by atoms with Crippen molar-refractivity contribution in [2.75, 3.05) is 7.11 Å². The fraction of sp³-hybridized carbons (Fsp3) is 0.154. The predicted octanol–water partition coefficient (Wildman–Crippen LogP) is 1.96. The van der Waals surface area contributed by atoms with Gasteiger partial charge < -0.3 is 13.7 Å². The molecule has 0 amide bonds. The lowest BCUT2D eigenvalue weighted by Crippen LogP contribution is -2.17. The van der Waals surface area contributed by atoms with Gasteiger partial charge in [-0.05, 0) is 23.7 Å². The van der Waals surface area contributed by atoms with Crippen molar-refractivity contribution in [1.29, 1.82) is 0 Å². The molecule has 2 aromatic heterocycles. The molecule has 0 fully saturated rings. The molecule has 2 heterocycles. The number of benzene rings is 1. The summed E-state index contributed by atoms with van der Waals surface area (Å²) in [5.74, 6) is 0. The van der Waals surface area contributed by atoms with Gasteiger partial charge >= 0.3 is 11.6 Å². The van der Waals surface area contributed by atoms with Gasteiger partial charge in [-0.1, -0.05) is 18.2 Å². The molecule has 0 saturated carbocycles. The Morgan fingerprint density at radius 1 is 1.41 bits per heavy atom. The van der Waals surface area contributed by atoms with Crippen LogP contribution in [0.4, 0.5) is 0 Å². The molecule has 1 aromatic carbocycles. The molecule has 0 bridgehead atoms. The minimum absolute atomic E-state index is 0.0540. The fourth-order valence-corrected chi connectivity index (χ4v) is 3.61. The highest BCUT2D eigenvalue weighted by Crippen LogP contribution is 2.29. The molecule has 0 radical (unpaired) electrons. The molecule has 0 saturated heterocycles. The van der Waals surface area contributed by atoms with Crippen molar-refractivity contribution in [1.82, 2.24) is 9.36 Å². The minimum Gasteiger partial charge on any atom is -0.466 e. The Labute approximate surface area is 131 Å². The summed E-state index contributed by atoms with van der Waals surface area (Å²) in [5, 5.41) is -0.272. The van der Waals surface area contributed by atoms with Gasteiger partial charge in [0.15, 0.2) is 11.1 Å². The van der Waals surface area contributed by atoms with E-state index in [9.17, 15) is 13.6 Å². The van der Waals surface area contributed by atoms with Crippen molar-refractivity contribution >= 4 is 33.6 Å². The van der Waals surface area contributed by atoms with Crippen LogP contribution in [0.3, 0.4) is 0 Å². The van der Waals surface area contributed by atoms with E-state index < -0.39 is 22.0 Å². The molecular formula is C13H10N2O5S2. The zero-order valence-electron chi connectivity index (χ0n) is 11.3. The van der Waals surface area contributed by atoms with E-state index in [1.54, 1.807) is 24.3 Å². The Hall–Kier alpha value is -2.10. The highest BCUT2D eigenvalue weighted by molar-refractivity contribution is 7.79. The average Bonchev–Trinajstić information content (AvgIpc) is 2.96. The molecule has 2 unspecified atom stereocenters. The largest absolute Gasteiger partial charge is 0.466 e. The van der Waals surface area contributed by atoms with Gasteiger partial charge in [-0.2, -0.15) is 4.98 Å². The van der Waals surface area contributed by atoms with Crippen LogP contribution in [0.1, 0.15) is 15.8 Å². The monoisotopic (exact) mass is 338 g/mol. The lowest BCUT2D eigenvalue weighted by molar-refractivity contribution is 0.385. The van der Waals surface area contributed by atoms with Gasteiger partial charge in [0.1, 0.15) is 15.8 Å². The van der Waals surface area contributed by atoms with E-state index in [1.807, 2.05) is 0 Å². The van der Waals surface area contributed by atoms with Gasteiger partial charge in [0.2, 0.25) is 0 Å². The average molecular weight is 338 g/mol. The molecule has 2 atom stereocenters. The Morgan fingerprint density at radius 3 is 2.86 bits per heavy atom. The summed E-state index contributed by atoms with van der Waals surface area (Å²) in [7, 11) is 1.39. The van der Waals surface area contributed by atoms with E-state index >= 15 is 0 Å². The van der Waals surface area contributed by atoms with Crippen molar-refractivity contribution in [3.05, 3.63) is 51.3 Å². The Kier molecular flexibility index (Phi) is 4.01. The zero-order chi connectivity index (χ0) is 15.7. The summed E-state index contributed by atoms with van der Waals surface area (Å²) >= 11 is -1.46. The molecule has 9 heteroatoms. The normalized spacial score (nSPS) is 13.9. The maximum atomic E-state index is 12.1. The van der Waals surface area contributed by atoms with Gasteiger partial charge in [0.25, 0.3) is 0 Å². The first kappa shape index (κ1) is 14.8. The van der Waals surface area contributed by atoms with Crippen molar-refractivity contribution in [2.45, 2.75) is 5.25 Å². The third-order valence-electron chi connectivity index (χ3n) is 2.98. The predicted molar refractivity (Wildman–Crippen MR) is 81.6 cm³/mol. The molecule has 7 nitrogen and oxygen atoms in total. The van der Waals surface area contributed by atoms with Gasteiger partial charge in [-0.25, -0.2) is 9.00 Å². The smallest absolute Gasteiger partial charge is 0.341 e. The van der Waals surface area contributed by atoms with Crippen LogP contribution in [0.15, 0.2) is 39.5 Å². The fourth-order valence-electron chi connectivity index (χ4n) is 2.00. The topological polar surface area (TPSA) is 103 Å². The molecule has 1 N–H and O–H groups in total. The van der Waals surface area contributed by atoms with Gasteiger partial charge in [-0.3, -0.25) is 0 Å². The van der Waals surface area contributed by atoms with E-state index in [0.717, 1.165) is 11.5 Å². The second-order valence-electron chi connectivity index (χ2n) is 4.30. The number of para-hydroxylation sites is 1. The number of hydrogen-bond acceptors (Lipinski definition) is 7. The summed E-state index contributed by atoms with van der Waals surface area (Å²) in [5.41, 5.74) is -0.216. The molecular weight excluding hydrogens is 328 g/mol. The number of nitrogens with zero attached hydrogens (tertiary/aromatic N) is 2. The number of rotatable bonds is 4. The van der Waals surface area contributed by atoms with Crippen LogP contribution in [0.5, 0.6) is 6.01 Å². The number of ether oxygens (including phenoxy) is 1. The van der Waals surface area contributed by atoms with Crippen LogP contribution in [-0.4, -0.2) is 25.2 Å². The SMILES string of the molecule is COc1nsc(C(c2cc3ccccc3oc2=O)S(=O)O)n1. The first-order valence-electron chi connectivity index (χ1n) is 6.10. The van der Waals surface area contributed by atoms with Crippen LogP contribution in [-0.2, 0) is 11.1 Å². The summed E-state index contributed by atoms with van der Waals surface area (Å²) in [6.07, 6.45) is 0. The number of fused-ring (bicyclic) bond motifs is 1. The van der Waals surface area contributed by atoms with Crippen molar-refractivity contribution in [3.8, 4) is 6.01 Å². The number of aromatic nitrogens is 2. The van der Waals surface area contributed by atoms with Gasteiger partial charge in [-0.15, -0.1) is 4.37 Å². The second-order valence-corrected chi connectivity index (χ2v) is 6.11. The number of hydrogen-bond donors (Lipinski definition) is 1. The van der Waals surface area contributed by atoms with Gasteiger partial charge in [0, 0.05) is 5.39 Å². The van der Waals surface area contributed by atoms with E-state index in [4.69, 9.17) is 9.15 Å². The molecule has 0 aliphatic carbocycles. The first-order chi connectivity index (χ1) is 10.6. The Morgan fingerprint density at radius 2 is 2.18 bits per heavy atom. The van der Waals surface area contributed by atoms with Crippen molar-refractivity contribution in [3.63, 3.8) is 0 Å². The molecule has 0 spiro atoms. The summed E-state index contributed by atoms with van der Waals surface area (Å²) in [6.45, 7) is 0. The molecule has 22 heavy (non-hydrogen) atoms. The second kappa shape index (κ2) is 5.95. The van der Waals surface area contributed by atoms with Crippen LogP contribution in [0, 0.1) is 0 Å². The van der Waals surface area contributed by atoms with Crippen LogP contribution in [0.2, 0.25) is 0 Å². The highest BCUT2D eigenvalue weighted by atomic mass is 32.2. The van der Waals surface area contributed by atoms with E-state index in [1.165, 1.54) is 13.2 Å². The zero-order valence-corrected chi connectivity index (χ0v) is 12.9. The van der Waals surface area contributed by atoms with Gasteiger partial charge in [0.05, 0.1) is 12.7 Å². The van der Waals surface area contributed by atoms with E-state index in [-0.39, 0.29) is 16.6 Å². The minimum atomic E-state index is -2.35. The molecule has 3 aromatic rings. The maximum absolute atomic E-state index is 12.1. The first-order valence-corrected chi connectivity index (χ1v) is 8.04. The van der Waals surface area contributed by atoms with E-state index in [0.29, 0.717) is 11.0 Å². The van der Waals surface area contributed by atoms with Crippen molar-refractivity contribution in [2.24, 2.45) is 0 Å². The third kappa shape index (κ3) is 2.65.